The highest BCUT2D eigenvalue weighted by Gasteiger charge is 2.21. The molecule has 0 aliphatic rings. The quantitative estimate of drug-likeness (QED) is 0.224. The molecule has 3 heterocycles. The number of halogens is 2. The molecule has 0 spiro atoms. The van der Waals surface area contributed by atoms with E-state index in [1.807, 2.05) is 6.92 Å². The number of ether oxygens (including phenoxy) is 3. The first-order valence-corrected chi connectivity index (χ1v) is 12.5. The number of benzene rings is 2. The second-order valence-electron chi connectivity index (χ2n) is 8.79. The van der Waals surface area contributed by atoms with Gasteiger partial charge in [-0.2, -0.15) is 0 Å². The second-order valence-corrected chi connectivity index (χ2v) is 8.79. The Hall–Kier alpha value is -5.32. The van der Waals surface area contributed by atoms with Gasteiger partial charge in [-0.25, -0.2) is 13.8 Å². The minimum absolute atomic E-state index is 0.0950. The van der Waals surface area contributed by atoms with E-state index < -0.39 is 17.5 Å². The van der Waals surface area contributed by atoms with Gasteiger partial charge in [0.25, 0.3) is 11.8 Å². The normalized spacial score (nSPS) is 10.9. The van der Waals surface area contributed by atoms with E-state index in [9.17, 15) is 14.3 Å². The first-order valence-electron chi connectivity index (χ1n) is 12.5. The third-order valence-electron chi connectivity index (χ3n) is 6.14. The van der Waals surface area contributed by atoms with Crippen LogP contribution in [0.2, 0.25) is 0 Å². The van der Waals surface area contributed by atoms with Crippen molar-refractivity contribution in [2.24, 2.45) is 0 Å². The molecule has 0 aliphatic carbocycles. The number of nitrogens with one attached hydrogen (secondary N) is 1. The van der Waals surface area contributed by atoms with Gasteiger partial charge in [0.05, 0.1) is 24.9 Å². The van der Waals surface area contributed by atoms with Crippen molar-refractivity contribution in [3.63, 3.8) is 0 Å². The number of aryl methyl sites for hydroxylation is 1. The fourth-order valence-electron chi connectivity index (χ4n) is 4.16. The van der Waals surface area contributed by atoms with E-state index in [4.69, 9.17) is 14.2 Å². The standard InChI is InChI=1S/C30H24F2N4O5/c1-4-40-30-25(39-3)14-22-27(36-30)24(11-12-33-22)41-23-10-9-19(13-21(23)32)35-29(38)26-16(2)34-15-20(28(26)37)17-5-7-18(31)8-6-17/h5-15H,4H2,1-3H3,(H,34,37)(H,35,38). The molecule has 0 fully saturated rings. The summed E-state index contributed by atoms with van der Waals surface area (Å²) in [5.74, 6) is -1.47. The Kier molecular flexibility index (Phi) is 7.59. The van der Waals surface area contributed by atoms with Crippen molar-refractivity contribution in [2.45, 2.75) is 13.8 Å². The van der Waals surface area contributed by atoms with Gasteiger partial charge in [0.15, 0.2) is 23.1 Å². The summed E-state index contributed by atoms with van der Waals surface area (Å²) in [6, 6.07) is 12.5. The van der Waals surface area contributed by atoms with Crippen LogP contribution in [0.5, 0.6) is 28.9 Å². The highest BCUT2D eigenvalue weighted by Crippen LogP contribution is 2.36. The van der Waals surface area contributed by atoms with Crippen LogP contribution in [0.4, 0.5) is 14.5 Å². The second kappa shape index (κ2) is 11.4. The molecule has 1 amide bonds. The van der Waals surface area contributed by atoms with Gasteiger partial charge in [-0.15, -0.1) is 0 Å². The average Bonchev–Trinajstić information content (AvgIpc) is 2.95. The molecule has 0 saturated carbocycles. The third kappa shape index (κ3) is 5.55. The molecular formula is C30H24F2N4O5. The van der Waals surface area contributed by atoms with E-state index in [1.165, 1.54) is 55.9 Å². The van der Waals surface area contributed by atoms with E-state index in [2.05, 4.69) is 20.3 Å². The van der Waals surface area contributed by atoms with E-state index in [0.29, 0.717) is 29.0 Å². The van der Waals surface area contributed by atoms with E-state index >= 15 is 4.39 Å². The molecule has 2 N–H and O–H groups in total. The Balaban J connectivity index is 1.40. The van der Waals surface area contributed by atoms with Gasteiger partial charge in [-0.1, -0.05) is 12.1 Å². The highest BCUT2D eigenvalue weighted by atomic mass is 19.1. The van der Waals surface area contributed by atoms with Crippen LogP contribution in [0.1, 0.15) is 23.0 Å². The Bertz CT molecular complexity index is 1760. The fourth-order valence-corrected chi connectivity index (χ4v) is 4.16. The molecule has 0 radical (unpaired) electrons. The Morgan fingerprint density at radius 2 is 1.78 bits per heavy atom. The van der Waals surface area contributed by atoms with Crippen molar-refractivity contribution in [2.75, 3.05) is 19.0 Å². The predicted molar refractivity (Wildman–Crippen MR) is 148 cm³/mol. The maximum absolute atomic E-state index is 15.1. The number of nitrogens with zero attached hydrogens (tertiary/aromatic N) is 3. The number of pyridine rings is 3. The number of amides is 1. The van der Waals surface area contributed by atoms with Gasteiger partial charge in [0, 0.05) is 41.8 Å². The lowest BCUT2D eigenvalue weighted by Crippen LogP contribution is -2.15. The van der Waals surface area contributed by atoms with Crippen LogP contribution >= 0.6 is 0 Å². The van der Waals surface area contributed by atoms with Crippen molar-refractivity contribution in [3.05, 3.63) is 89.9 Å². The smallest absolute Gasteiger partial charge is 0.261 e. The van der Waals surface area contributed by atoms with Gasteiger partial charge in [-0.3, -0.25) is 14.8 Å². The number of fused-ring (bicyclic) bond motifs is 1. The van der Waals surface area contributed by atoms with Crippen LogP contribution in [0.15, 0.2) is 67.0 Å². The van der Waals surface area contributed by atoms with Crippen molar-refractivity contribution in [3.8, 4) is 40.0 Å². The number of carbonyl (C=O) groups is 1. The summed E-state index contributed by atoms with van der Waals surface area (Å²) in [6.07, 6.45) is 2.89. The lowest BCUT2D eigenvalue weighted by Gasteiger charge is -2.14. The summed E-state index contributed by atoms with van der Waals surface area (Å²) in [5.41, 5.74) is 1.80. The summed E-state index contributed by atoms with van der Waals surface area (Å²) < 4.78 is 45.1. The molecule has 9 nitrogen and oxygen atoms in total. The summed E-state index contributed by atoms with van der Waals surface area (Å²) in [5, 5.41) is 13.4. The van der Waals surface area contributed by atoms with Crippen molar-refractivity contribution < 1.29 is 32.9 Å². The van der Waals surface area contributed by atoms with Crippen molar-refractivity contribution >= 4 is 22.6 Å². The monoisotopic (exact) mass is 558 g/mol. The molecule has 11 heteroatoms. The van der Waals surface area contributed by atoms with E-state index in [1.54, 1.807) is 19.1 Å². The Morgan fingerprint density at radius 3 is 2.49 bits per heavy atom. The maximum atomic E-state index is 15.1. The number of anilines is 1. The predicted octanol–water partition coefficient (Wildman–Crippen LogP) is 6.44. The molecule has 3 aromatic heterocycles. The van der Waals surface area contributed by atoms with Crippen LogP contribution < -0.4 is 19.5 Å². The largest absolute Gasteiger partial charge is 0.506 e. The highest BCUT2D eigenvalue weighted by molar-refractivity contribution is 6.08. The minimum atomic E-state index is -0.759. The zero-order valence-corrected chi connectivity index (χ0v) is 22.2. The van der Waals surface area contributed by atoms with Gasteiger partial charge >= 0.3 is 0 Å². The molecule has 208 valence electrons. The summed E-state index contributed by atoms with van der Waals surface area (Å²) >= 11 is 0. The number of methoxy groups -OCH3 is 1. The van der Waals surface area contributed by atoms with Gasteiger partial charge in [0.1, 0.15) is 22.6 Å². The number of hydrogen-bond acceptors (Lipinski definition) is 8. The molecule has 2 aromatic carbocycles. The number of carbonyl (C=O) groups excluding carboxylic acids is 1. The zero-order valence-electron chi connectivity index (χ0n) is 22.2. The zero-order chi connectivity index (χ0) is 29.1. The van der Waals surface area contributed by atoms with Crippen LogP contribution in [-0.4, -0.2) is 39.7 Å². The Labute approximate surface area is 233 Å². The van der Waals surface area contributed by atoms with E-state index in [-0.39, 0.29) is 45.6 Å². The summed E-state index contributed by atoms with van der Waals surface area (Å²) in [7, 11) is 1.49. The van der Waals surface area contributed by atoms with Crippen LogP contribution in [0.25, 0.3) is 22.2 Å². The Morgan fingerprint density at radius 1 is 1.00 bits per heavy atom. The lowest BCUT2D eigenvalue weighted by molar-refractivity contribution is 0.102. The summed E-state index contributed by atoms with van der Waals surface area (Å²) in [4.78, 5) is 26.0. The van der Waals surface area contributed by atoms with Gasteiger partial charge in [-0.05, 0) is 43.7 Å². The van der Waals surface area contributed by atoms with Gasteiger partial charge < -0.3 is 24.6 Å². The molecule has 0 saturated heterocycles. The van der Waals surface area contributed by atoms with E-state index in [0.717, 1.165) is 6.07 Å². The first-order chi connectivity index (χ1) is 19.8. The number of rotatable bonds is 8. The van der Waals surface area contributed by atoms with Crippen LogP contribution in [-0.2, 0) is 0 Å². The summed E-state index contributed by atoms with van der Waals surface area (Å²) in [6.45, 7) is 3.72. The third-order valence-corrected chi connectivity index (χ3v) is 6.14. The van der Waals surface area contributed by atoms with Crippen molar-refractivity contribution in [1.29, 1.82) is 0 Å². The fraction of sp³-hybridized carbons (Fsp3) is 0.133. The van der Waals surface area contributed by atoms with Crippen LogP contribution in [0.3, 0.4) is 0 Å². The number of aromatic hydroxyl groups is 1. The molecular weight excluding hydrogens is 534 g/mol. The lowest BCUT2D eigenvalue weighted by atomic mass is 10.0. The SMILES string of the molecule is CCOc1nc2c(Oc3ccc(NC(=O)c4c(C)ncc(-c5ccc(F)cc5)c4O)cc3F)ccnc2cc1OC. The number of aromatic nitrogens is 3. The van der Waals surface area contributed by atoms with Crippen molar-refractivity contribution in [1.82, 2.24) is 15.0 Å². The molecule has 0 aliphatic heterocycles. The first kappa shape index (κ1) is 27.3. The maximum Gasteiger partial charge on any atom is 0.261 e. The van der Waals surface area contributed by atoms with Crippen LogP contribution in [0, 0.1) is 18.6 Å². The van der Waals surface area contributed by atoms with Gasteiger partial charge in [0.2, 0.25) is 0 Å². The molecule has 0 unspecified atom stereocenters. The molecule has 0 atom stereocenters. The molecule has 5 aromatic rings. The molecule has 0 bridgehead atoms. The number of hydrogen-bond donors (Lipinski definition) is 2. The molecule has 5 rings (SSSR count). The molecule has 41 heavy (non-hydrogen) atoms. The average molecular weight is 559 g/mol. The topological polar surface area (TPSA) is 116 Å². The minimum Gasteiger partial charge on any atom is -0.506 e.